The van der Waals surface area contributed by atoms with Gasteiger partial charge < -0.3 is 9.73 Å². The molecule has 28 heavy (non-hydrogen) atoms. The number of carbonyl (C=O) groups excluding carboxylic acids is 2. The first kappa shape index (κ1) is 18.5. The molecule has 0 aliphatic carbocycles. The van der Waals surface area contributed by atoms with Gasteiger partial charge in [0.1, 0.15) is 11.8 Å². The quantitative estimate of drug-likeness (QED) is 0.883. The molecule has 2 fully saturated rings. The number of rotatable bonds is 4. The van der Waals surface area contributed by atoms with Gasteiger partial charge in [0, 0.05) is 31.1 Å². The van der Waals surface area contributed by atoms with Gasteiger partial charge in [-0.2, -0.15) is 0 Å². The van der Waals surface area contributed by atoms with E-state index in [1.807, 2.05) is 25.1 Å². The lowest BCUT2D eigenvalue weighted by Crippen LogP contribution is -2.42. The Morgan fingerprint density at radius 3 is 3.00 bits per heavy atom. The number of nitrogens with one attached hydrogen (secondary N) is 1. The summed E-state index contributed by atoms with van der Waals surface area (Å²) in [6.45, 7) is 9.85. The second kappa shape index (κ2) is 7.64. The van der Waals surface area contributed by atoms with E-state index < -0.39 is 0 Å². The number of fused-ring (bicyclic) bond motifs is 1. The maximum atomic E-state index is 12.7. The summed E-state index contributed by atoms with van der Waals surface area (Å²) in [6, 6.07) is 5.80. The molecule has 0 radical (unpaired) electrons. The van der Waals surface area contributed by atoms with Gasteiger partial charge in [-0.15, -0.1) is 0 Å². The first-order chi connectivity index (χ1) is 13.6. The van der Waals surface area contributed by atoms with Crippen molar-refractivity contribution in [2.75, 3.05) is 26.2 Å². The zero-order valence-corrected chi connectivity index (χ0v) is 16.1. The minimum Gasteiger partial charge on any atom is -0.463 e. The average molecular weight is 381 g/mol. The van der Waals surface area contributed by atoms with Gasteiger partial charge in [0.15, 0.2) is 0 Å². The molecule has 1 N–H and O–H groups in total. The minimum atomic E-state index is -0.191. The van der Waals surface area contributed by atoms with Gasteiger partial charge in [0.2, 0.25) is 5.91 Å². The minimum absolute atomic E-state index is 0.0173. The zero-order chi connectivity index (χ0) is 19.7. The molecular formula is C21H25N4O3+. The van der Waals surface area contributed by atoms with Gasteiger partial charge in [-0.1, -0.05) is 23.0 Å². The van der Waals surface area contributed by atoms with Crippen LogP contribution in [-0.2, 0) is 4.79 Å². The first-order valence-electron chi connectivity index (χ1n) is 9.76. The lowest BCUT2D eigenvalue weighted by molar-refractivity contribution is -0.132. The zero-order valence-electron chi connectivity index (χ0n) is 16.1. The molecule has 1 aromatic carbocycles. The number of amides is 2. The lowest BCUT2D eigenvalue weighted by Gasteiger charge is -2.20. The van der Waals surface area contributed by atoms with Crippen LogP contribution in [0.1, 0.15) is 35.2 Å². The third-order valence-electron chi connectivity index (χ3n) is 5.72. The topological polar surface area (TPSA) is 70.2 Å². The van der Waals surface area contributed by atoms with Crippen molar-refractivity contribution in [3.05, 3.63) is 40.4 Å². The average Bonchev–Trinajstić information content (AvgIpc) is 3.41. The number of benzene rings is 1. The summed E-state index contributed by atoms with van der Waals surface area (Å²) in [7, 11) is 0. The van der Waals surface area contributed by atoms with Crippen LogP contribution < -0.4 is 5.32 Å². The van der Waals surface area contributed by atoms with Crippen LogP contribution in [0.5, 0.6) is 0 Å². The maximum absolute atomic E-state index is 12.7. The fraction of sp³-hybridized carbons (Fsp3) is 0.476. The van der Waals surface area contributed by atoms with Crippen LogP contribution in [-0.4, -0.2) is 60.0 Å². The fourth-order valence-corrected chi connectivity index (χ4v) is 4.21. The van der Waals surface area contributed by atoms with Gasteiger partial charge in [-0.25, -0.2) is 0 Å². The molecule has 4 rings (SSSR count). The molecule has 2 aliphatic heterocycles. The maximum Gasteiger partial charge on any atom is 0.349 e. The second-order valence-corrected chi connectivity index (χ2v) is 7.65. The van der Waals surface area contributed by atoms with E-state index in [2.05, 4.69) is 15.1 Å². The highest BCUT2D eigenvalue weighted by molar-refractivity contribution is 6.06. The highest BCUT2D eigenvalue weighted by atomic mass is 16.3. The van der Waals surface area contributed by atoms with Crippen molar-refractivity contribution in [2.45, 2.75) is 38.4 Å². The highest BCUT2D eigenvalue weighted by Gasteiger charge is 2.37. The number of aryl methyl sites for hydroxylation is 1. The number of furan rings is 1. The number of hydrogen-bond acceptors (Lipinski definition) is 4. The summed E-state index contributed by atoms with van der Waals surface area (Å²) < 4.78 is 5.58. The van der Waals surface area contributed by atoms with Gasteiger partial charge in [0.05, 0.1) is 18.5 Å². The number of para-hydroxylation sites is 1. The van der Waals surface area contributed by atoms with Gasteiger partial charge in [-0.3, -0.25) is 19.4 Å². The molecule has 1 aromatic heterocycles. The van der Waals surface area contributed by atoms with Gasteiger partial charge in [-0.05, 0) is 25.3 Å². The molecule has 146 valence electrons. The van der Waals surface area contributed by atoms with Crippen molar-refractivity contribution >= 4 is 22.8 Å². The Hall–Kier alpha value is -2.85. The normalized spacial score (nSPS) is 22.5. The monoisotopic (exact) mass is 381 g/mol. The van der Waals surface area contributed by atoms with E-state index in [0.717, 1.165) is 42.3 Å². The Balaban J connectivity index is 1.34. The lowest BCUT2D eigenvalue weighted by atomic mass is 10.1. The van der Waals surface area contributed by atoms with Crippen LogP contribution in [0.25, 0.3) is 15.8 Å². The highest BCUT2D eigenvalue weighted by Crippen LogP contribution is 2.24. The Morgan fingerprint density at radius 2 is 2.18 bits per heavy atom. The van der Waals surface area contributed by atoms with Crippen molar-refractivity contribution < 1.29 is 14.0 Å². The number of carbonyl (C=O) groups is 2. The van der Waals surface area contributed by atoms with Crippen LogP contribution in [0.3, 0.4) is 0 Å². The van der Waals surface area contributed by atoms with Gasteiger partial charge in [0.25, 0.3) is 12.5 Å². The molecule has 2 aliphatic rings. The largest absolute Gasteiger partial charge is 0.463 e. The first-order valence-corrected chi connectivity index (χ1v) is 9.76. The van der Waals surface area contributed by atoms with E-state index in [1.54, 1.807) is 4.90 Å². The molecule has 2 atom stereocenters. The second-order valence-electron chi connectivity index (χ2n) is 7.65. The Kier molecular flexibility index (Phi) is 5.05. The molecule has 2 saturated heterocycles. The van der Waals surface area contributed by atoms with E-state index in [-0.39, 0.29) is 24.0 Å². The summed E-state index contributed by atoms with van der Waals surface area (Å²) in [4.78, 5) is 32.9. The van der Waals surface area contributed by atoms with E-state index in [4.69, 9.17) is 11.0 Å². The molecule has 7 nitrogen and oxygen atoms in total. The van der Waals surface area contributed by atoms with Crippen LogP contribution in [0, 0.1) is 13.5 Å². The predicted molar refractivity (Wildman–Crippen MR) is 106 cm³/mol. The van der Waals surface area contributed by atoms with Crippen LogP contribution in [0.2, 0.25) is 0 Å². The molecule has 0 spiro atoms. The third-order valence-corrected chi connectivity index (χ3v) is 5.72. The predicted octanol–water partition coefficient (Wildman–Crippen LogP) is 2.46. The molecule has 3 heterocycles. The molecule has 7 heteroatoms. The van der Waals surface area contributed by atoms with Crippen molar-refractivity contribution in [1.82, 2.24) is 15.1 Å². The number of hydrogen-bond donors (Lipinski definition) is 1. The van der Waals surface area contributed by atoms with Crippen LogP contribution >= 0.6 is 0 Å². The fourth-order valence-electron chi connectivity index (χ4n) is 4.21. The van der Waals surface area contributed by atoms with E-state index in [9.17, 15) is 9.59 Å². The van der Waals surface area contributed by atoms with Crippen LogP contribution in [0.4, 0.5) is 0 Å². The molecule has 0 bridgehead atoms. The molecule has 2 aromatic rings. The van der Waals surface area contributed by atoms with E-state index in [1.165, 1.54) is 6.26 Å². The number of nitrogens with zero attached hydrogens (tertiary/aromatic N) is 3. The summed E-state index contributed by atoms with van der Waals surface area (Å²) in [6.07, 6.45) is 3.92. The van der Waals surface area contributed by atoms with Crippen molar-refractivity contribution in [1.29, 1.82) is 0 Å². The molecule has 2 amide bonds. The van der Waals surface area contributed by atoms with Gasteiger partial charge >= 0.3 is 6.17 Å². The van der Waals surface area contributed by atoms with Crippen molar-refractivity contribution in [3.8, 4) is 6.57 Å². The van der Waals surface area contributed by atoms with Crippen molar-refractivity contribution in [3.63, 3.8) is 0 Å². The standard InChI is InChI=1S/C21H24N4O3/c1-14-5-3-6-16-17(13-28-20(14)16)21(27)23-15-8-10-24(11-15)12-19(26)25-9-4-7-18(25)22-2/h2-3,5-6,13,15,18H,4,7-12H2,1H3/p+1/t15-,18-/m0/s1. The van der Waals surface area contributed by atoms with Crippen LogP contribution in [0.15, 0.2) is 28.9 Å². The molecule has 0 saturated carbocycles. The Bertz CT molecular complexity index is 945. The third kappa shape index (κ3) is 3.48. The van der Waals surface area contributed by atoms with E-state index >= 15 is 0 Å². The Labute approximate surface area is 164 Å². The van der Waals surface area contributed by atoms with E-state index in [0.29, 0.717) is 25.2 Å². The SMILES string of the molecule is C#[N+][C@@H]1CCCN1C(=O)CN1CC[C@H](NC(=O)c2coc3c(C)cccc23)C1. The summed E-state index contributed by atoms with van der Waals surface area (Å²) in [5.74, 6) is -0.0796. The molecule has 0 unspecified atom stereocenters. The Morgan fingerprint density at radius 1 is 1.32 bits per heavy atom. The summed E-state index contributed by atoms with van der Waals surface area (Å²) >= 11 is 0. The summed E-state index contributed by atoms with van der Waals surface area (Å²) in [5.41, 5.74) is 2.31. The molecular weight excluding hydrogens is 356 g/mol. The smallest absolute Gasteiger partial charge is 0.349 e. The summed E-state index contributed by atoms with van der Waals surface area (Å²) in [5, 5.41) is 3.91. The number of likely N-dealkylation sites (tertiary alicyclic amines) is 2. The van der Waals surface area contributed by atoms with Crippen molar-refractivity contribution in [2.24, 2.45) is 0 Å².